The van der Waals surface area contributed by atoms with Gasteiger partial charge in [-0.1, -0.05) is 43.2 Å². The van der Waals surface area contributed by atoms with Crippen LogP contribution in [0.15, 0.2) is 30.3 Å². The van der Waals surface area contributed by atoms with Gasteiger partial charge >= 0.3 is 0 Å². The van der Waals surface area contributed by atoms with Crippen LogP contribution in [0.5, 0.6) is 0 Å². The number of carbonyl (C=O) groups is 1. The van der Waals surface area contributed by atoms with Crippen molar-refractivity contribution >= 4 is 5.91 Å². The van der Waals surface area contributed by atoms with Crippen molar-refractivity contribution in [2.24, 2.45) is 0 Å². The Morgan fingerprint density at radius 3 is 2.36 bits per heavy atom. The van der Waals surface area contributed by atoms with Crippen molar-refractivity contribution in [3.05, 3.63) is 35.9 Å². The van der Waals surface area contributed by atoms with E-state index in [0.29, 0.717) is 13.1 Å². The molecular formula is C18H26N2O2. The molecular weight excluding hydrogens is 276 g/mol. The molecule has 2 fully saturated rings. The minimum atomic E-state index is -0.228. The van der Waals surface area contributed by atoms with Gasteiger partial charge < -0.3 is 15.7 Å². The molecule has 0 spiro atoms. The Labute approximate surface area is 132 Å². The molecule has 3 rings (SSSR count). The molecule has 1 aromatic rings. The van der Waals surface area contributed by atoms with E-state index in [1.165, 1.54) is 5.56 Å². The van der Waals surface area contributed by atoms with Crippen molar-refractivity contribution in [2.75, 3.05) is 19.7 Å². The lowest BCUT2D eigenvalue weighted by Crippen LogP contribution is -2.50. The van der Waals surface area contributed by atoms with Crippen molar-refractivity contribution in [1.82, 2.24) is 10.6 Å². The molecule has 1 amide bonds. The predicted molar refractivity (Wildman–Crippen MR) is 86.7 cm³/mol. The van der Waals surface area contributed by atoms with Crippen LogP contribution in [0.2, 0.25) is 0 Å². The first-order chi connectivity index (χ1) is 10.7. The maximum atomic E-state index is 12.1. The van der Waals surface area contributed by atoms with E-state index in [1.54, 1.807) is 0 Å². The number of aliphatic hydroxyl groups is 1. The van der Waals surface area contributed by atoms with Crippen LogP contribution in [0.3, 0.4) is 0 Å². The fourth-order valence-corrected chi connectivity index (χ4v) is 3.55. The second kappa shape index (κ2) is 6.39. The van der Waals surface area contributed by atoms with Gasteiger partial charge in [-0.3, -0.25) is 4.79 Å². The zero-order valence-electron chi connectivity index (χ0n) is 13.1. The van der Waals surface area contributed by atoms with Gasteiger partial charge in [-0.15, -0.1) is 0 Å². The topological polar surface area (TPSA) is 61.4 Å². The number of amides is 1. The normalized spacial score (nSPS) is 21.5. The van der Waals surface area contributed by atoms with Gasteiger partial charge in [-0.25, -0.2) is 0 Å². The van der Waals surface area contributed by atoms with E-state index in [-0.39, 0.29) is 23.5 Å². The summed E-state index contributed by atoms with van der Waals surface area (Å²) in [6, 6.07) is 10.4. The highest BCUT2D eigenvalue weighted by atomic mass is 16.3. The van der Waals surface area contributed by atoms with Gasteiger partial charge in [0.1, 0.15) is 0 Å². The Balaban J connectivity index is 1.47. The molecule has 0 aromatic heterocycles. The summed E-state index contributed by atoms with van der Waals surface area (Å²) in [7, 11) is 0. The maximum absolute atomic E-state index is 12.1. The van der Waals surface area contributed by atoms with Crippen LogP contribution in [0.25, 0.3) is 0 Å². The zero-order chi connectivity index (χ0) is 15.5. The monoisotopic (exact) mass is 302 g/mol. The fraction of sp³-hybridized carbons (Fsp3) is 0.611. The van der Waals surface area contributed by atoms with Gasteiger partial charge in [0.05, 0.1) is 13.2 Å². The lowest BCUT2D eigenvalue weighted by atomic mass is 9.96. The third kappa shape index (κ3) is 3.33. The summed E-state index contributed by atoms with van der Waals surface area (Å²) in [5, 5.41) is 15.9. The van der Waals surface area contributed by atoms with E-state index in [4.69, 9.17) is 0 Å². The second-order valence-corrected chi connectivity index (χ2v) is 6.92. The molecule has 0 bridgehead atoms. The van der Waals surface area contributed by atoms with Crippen molar-refractivity contribution in [3.8, 4) is 0 Å². The van der Waals surface area contributed by atoms with Gasteiger partial charge in [-0.2, -0.15) is 0 Å². The van der Waals surface area contributed by atoms with Gasteiger partial charge in [0.2, 0.25) is 5.91 Å². The smallest absolute Gasteiger partial charge is 0.234 e. The lowest BCUT2D eigenvalue weighted by Gasteiger charge is -2.28. The molecule has 4 nitrogen and oxygen atoms in total. The van der Waals surface area contributed by atoms with Crippen LogP contribution < -0.4 is 10.6 Å². The first-order valence-corrected chi connectivity index (χ1v) is 8.36. The van der Waals surface area contributed by atoms with E-state index in [1.807, 2.05) is 6.07 Å². The fourth-order valence-electron chi connectivity index (χ4n) is 3.55. The summed E-state index contributed by atoms with van der Waals surface area (Å²) >= 11 is 0. The minimum absolute atomic E-state index is 0.0296. The van der Waals surface area contributed by atoms with Crippen molar-refractivity contribution in [1.29, 1.82) is 0 Å². The van der Waals surface area contributed by atoms with Crippen LogP contribution in [0, 0.1) is 0 Å². The molecule has 2 aliphatic rings. The minimum Gasteiger partial charge on any atom is -0.394 e. The largest absolute Gasteiger partial charge is 0.394 e. The van der Waals surface area contributed by atoms with Crippen molar-refractivity contribution in [3.63, 3.8) is 0 Å². The van der Waals surface area contributed by atoms with E-state index >= 15 is 0 Å². The molecule has 120 valence electrons. The molecule has 3 N–H and O–H groups in total. The summed E-state index contributed by atoms with van der Waals surface area (Å²) in [5.41, 5.74) is 1.25. The number of carbonyl (C=O) groups excluding carboxylic acids is 1. The van der Waals surface area contributed by atoms with E-state index in [0.717, 1.165) is 38.5 Å². The summed E-state index contributed by atoms with van der Waals surface area (Å²) in [6.07, 6.45) is 6.48. The molecule has 4 heteroatoms. The van der Waals surface area contributed by atoms with Gasteiger partial charge in [-0.05, 0) is 31.2 Å². The Kier molecular flexibility index (Phi) is 4.50. The Bertz CT molecular complexity index is 505. The van der Waals surface area contributed by atoms with Crippen LogP contribution in [-0.2, 0) is 10.2 Å². The number of aliphatic hydroxyl groups excluding tert-OH is 1. The van der Waals surface area contributed by atoms with E-state index < -0.39 is 0 Å². The van der Waals surface area contributed by atoms with Gasteiger partial charge in [0.15, 0.2) is 0 Å². The van der Waals surface area contributed by atoms with Gasteiger partial charge in [0.25, 0.3) is 0 Å². The Hall–Kier alpha value is -1.39. The number of rotatable bonds is 7. The molecule has 0 atom stereocenters. The number of benzene rings is 1. The number of hydrogen-bond acceptors (Lipinski definition) is 3. The van der Waals surface area contributed by atoms with Crippen LogP contribution in [0.4, 0.5) is 0 Å². The van der Waals surface area contributed by atoms with Crippen molar-refractivity contribution in [2.45, 2.75) is 49.5 Å². The average Bonchev–Trinajstić information content (AvgIpc) is 3.22. The van der Waals surface area contributed by atoms with Crippen LogP contribution >= 0.6 is 0 Å². The van der Waals surface area contributed by atoms with Gasteiger partial charge in [0, 0.05) is 17.5 Å². The first-order valence-electron chi connectivity index (χ1n) is 8.36. The first kappa shape index (κ1) is 15.5. The highest BCUT2D eigenvalue weighted by Gasteiger charge is 2.44. The molecule has 0 radical (unpaired) electrons. The Morgan fingerprint density at radius 2 is 1.77 bits per heavy atom. The molecule has 0 aliphatic heterocycles. The maximum Gasteiger partial charge on any atom is 0.234 e. The Morgan fingerprint density at radius 1 is 1.09 bits per heavy atom. The summed E-state index contributed by atoms with van der Waals surface area (Å²) in [5.74, 6) is 0.0296. The third-order valence-corrected chi connectivity index (χ3v) is 5.35. The summed E-state index contributed by atoms with van der Waals surface area (Å²) in [6.45, 7) is 1.13. The standard InChI is InChI=1S/C18H26N2O2/c21-14-18(8-4-5-9-18)20-12-16(22)19-13-17(10-11-17)15-6-2-1-3-7-15/h1-3,6-7,20-21H,4-5,8-14H2,(H,19,22). The second-order valence-electron chi connectivity index (χ2n) is 6.92. The van der Waals surface area contributed by atoms with Crippen LogP contribution in [0.1, 0.15) is 44.1 Å². The highest BCUT2D eigenvalue weighted by Crippen LogP contribution is 2.47. The highest BCUT2D eigenvalue weighted by molar-refractivity contribution is 5.78. The molecule has 2 saturated carbocycles. The molecule has 2 aliphatic carbocycles. The van der Waals surface area contributed by atoms with E-state index in [2.05, 4.69) is 34.9 Å². The van der Waals surface area contributed by atoms with Crippen LogP contribution in [-0.4, -0.2) is 36.2 Å². The summed E-state index contributed by atoms with van der Waals surface area (Å²) < 4.78 is 0. The SMILES string of the molecule is O=C(CNC1(CO)CCCC1)NCC1(c2ccccc2)CC1. The molecule has 22 heavy (non-hydrogen) atoms. The average molecular weight is 302 g/mol. The third-order valence-electron chi connectivity index (χ3n) is 5.35. The quantitative estimate of drug-likeness (QED) is 0.719. The zero-order valence-corrected chi connectivity index (χ0v) is 13.1. The van der Waals surface area contributed by atoms with Crippen molar-refractivity contribution < 1.29 is 9.90 Å². The van der Waals surface area contributed by atoms with E-state index in [9.17, 15) is 9.90 Å². The lowest BCUT2D eigenvalue weighted by molar-refractivity contribution is -0.120. The number of hydrogen-bond donors (Lipinski definition) is 3. The molecule has 0 unspecified atom stereocenters. The molecule has 0 heterocycles. The number of nitrogens with one attached hydrogen (secondary N) is 2. The molecule has 1 aromatic carbocycles. The predicted octanol–water partition coefficient (Wildman–Crippen LogP) is 1.73. The molecule has 0 saturated heterocycles. The summed E-state index contributed by atoms with van der Waals surface area (Å²) in [4.78, 5) is 12.1.